The Morgan fingerprint density at radius 1 is 1.28 bits per heavy atom. The molecule has 1 aromatic carbocycles. The van der Waals surface area contributed by atoms with Crippen LogP contribution < -0.4 is 10.6 Å². The average molecular weight is 398 g/mol. The molecule has 2 N–H and O–H groups in total. The summed E-state index contributed by atoms with van der Waals surface area (Å²) in [4.78, 5) is 12.7. The first kappa shape index (κ1) is 22.0. The Morgan fingerprint density at radius 2 is 2.00 bits per heavy atom. The summed E-state index contributed by atoms with van der Waals surface area (Å²) in [6.07, 6.45) is 6.84. The van der Waals surface area contributed by atoms with Gasteiger partial charge in [-0.2, -0.15) is 0 Å². The van der Waals surface area contributed by atoms with Crippen LogP contribution in [0.2, 0.25) is 0 Å². The Bertz CT molecular complexity index is 693. The molecule has 3 unspecified atom stereocenters. The lowest BCUT2D eigenvalue weighted by Crippen LogP contribution is -2.49. The Balaban J connectivity index is 0.000000170. The fourth-order valence-electron chi connectivity index (χ4n) is 5.47. The van der Waals surface area contributed by atoms with Gasteiger partial charge in [0, 0.05) is 24.5 Å². The zero-order valence-corrected chi connectivity index (χ0v) is 18.5. The van der Waals surface area contributed by atoms with Crippen molar-refractivity contribution >= 4 is 6.41 Å². The van der Waals surface area contributed by atoms with Gasteiger partial charge >= 0.3 is 0 Å². The van der Waals surface area contributed by atoms with Crippen LogP contribution in [0.3, 0.4) is 0 Å². The van der Waals surface area contributed by atoms with Crippen LogP contribution >= 0.6 is 0 Å². The molecule has 1 spiro atoms. The van der Waals surface area contributed by atoms with Crippen molar-refractivity contribution in [2.75, 3.05) is 26.7 Å². The molecule has 0 radical (unpaired) electrons. The molecule has 0 bridgehead atoms. The third kappa shape index (κ3) is 5.49. The van der Waals surface area contributed by atoms with Crippen LogP contribution in [0.5, 0.6) is 0 Å². The quantitative estimate of drug-likeness (QED) is 0.601. The van der Waals surface area contributed by atoms with Crippen molar-refractivity contribution in [1.82, 2.24) is 15.5 Å². The third-order valence-corrected chi connectivity index (χ3v) is 7.24. The van der Waals surface area contributed by atoms with Gasteiger partial charge in [-0.25, -0.2) is 0 Å². The van der Waals surface area contributed by atoms with Crippen LogP contribution in [-0.4, -0.2) is 44.0 Å². The summed E-state index contributed by atoms with van der Waals surface area (Å²) >= 11 is 0. The zero-order valence-electron chi connectivity index (χ0n) is 18.5. The molecule has 2 fully saturated rings. The van der Waals surface area contributed by atoms with E-state index in [-0.39, 0.29) is 6.04 Å². The maximum atomic E-state index is 10.3. The number of rotatable bonds is 3. The molecule has 1 aromatic rings. The van der Waals surface area contributed by atoms with Crippen LogP contribution in [0.4, 0.5) is 0 Å². The van der Waals surface area contributed by atoms with Crippen molar-refractivity contribution in [3.05, 3.63) is 47.5 Å². The van der Waals surface area contributed by atoms with E-state index in [2.05, 4.69) is 67.3 Å². The summed E-state index contributed by atoms with van der Waals surface area (Å²) < 4.78 is 0. The molecule has 1 saturated carbocycles. The predicted molar refractivity (Wildman–Crippen MR) is 121 cm³/mol. The fraction of sp³-hybridized carbons (Fsp3) is 0.640. The molecule has 4 heteroatoms. The van der Waals surface area contributed by atoms with Crippen molar-refractivity contribution in [2.45, 2.75) is 64.0 Å². The van der Waals surface area contributed by atoms with Crippen molar-refractivity contribution in [3.8, 4) is 0 Å². The van der Waals surface area contributed by atoms with Crippen molar-refractivity contribution in [3.63, 3.8) is 0 Å². The average Bonchev–Trinajstić information content (AvgIpc) is 2.71. The number of fused-ring (bicyclic) bond motifs is 2. The highest BCUT2D eigenvalue weighted by atomic mass is 16.1. The molecular weight excluding hydrogens is 358 g/mol. The van der Waals surface area contributed by atoms with Gasteiger partial charge in [0.1, 0.15) is 0 Å². The zero-order chi connectivity index (χ0) is 20.9. The maximum Gasteiger partial charge on any atom is 0.207 e. The molecule has 4 nitrogen and oxygen atoms in total. The molecule has 2 heterocycles. The van der Waals surface area contributed by atoms with E-state index >= 15 is 0 Å². The van der Waals surface area contributed by atoms with Gasteiger partial charge < -0.3 is 15.5 Å². The number of carbonyl (C=O) groups is 1. The highest BCUT2D eigenvalue weighted by molar-refractivity contribution is 5.46. The second-order valence-corrected chi connectivity index (χ2v) is 9.68. The topological polar surface area (TPSA) is 44.4 Å². The van der Waals surface area contributed by atoms with E-state index in [0.717, 1.165) is 38.3 Å². The van der Waals surface area contributed by atoms with E-state index in [1.807, 2.05) is 0 Å². The lowest BCUT2D eigenvalue weighted by Gasteiger charge is -2.44. The predicted octanol–water partition coefficient (Wildman–Crippen LogP) is 3.87. The SMILES string of the molecule is C=C1CC(C)CC(C(C)NC=O)C1.CN1CCC2(CC1)CNCc1ccccc12. The fourth-order valence-corrected chi connectivity index (χ4v) is 5.47. The molecular formula is C25H39N3O. The van der Waals surface area contributed by atoms with E-state index < -0.39 is 0 Å². The molecule has 3 atom stereocenters. The van der Waals surface area contributed by atoms with E-state index in [1.54, 1.807) is 5.56 Å². The highest BCUT2D eigenvalue weighted by Gasteiger charge is 2.38. The Kier molecular flexibility index (Phi) is 7.53. The summed E-state index contributed by atoms with van der Waals surface area (Å²) in [6, 6.07) is 9.28. The maximum absolute atomic E-state index is 10.3. The van der Waals surface area contributed by atoms with Gasteiger partial charge in [-0.3, -0.25) is 4.79 Å². The third-order valence-electron chi connectivity index (χ3n) is 7.24. The Hall–Kier alpha value is -1.65. The summed E-state index contributed by atoms with van der Waals surface area (Å²) in [6.45, 7) is 13.0. The minimum Gasteiger partial charge on any atom is -0.356 e. The Labute approximate surface area is 177 Å². The van der Waals surface area contributed by atoms with Crippen LogP contribution in [0.15, 0.2) is 36.4 Å². The number of hydrogen-bond donors (Lipinski definition) is 2. The number of likely N-dealkylation sites (tertiary alicyclic amines) is 1. The number of nitrogens with one attached hydrogen (secondary N) is 2. The van der Waals surface area contributed by atoms with Gasteiger partial charge in [0.25, 0.3) is 0 Å². The minimum atomic E-state index is 0.289. The van der Waals surface area contributed by atoms with E-state index in [0.29, 0.717) is 11.3 Å². The summed E-state index contributed by atoms with van der Waals surface area (Å²) in [5.41, 5.74) is 4.88. The number of benzene rings is 1. The van der Waals surface area contributed by atoms with Crippen LogP contribution in [0.25, 0.3) is 0 Å². The molecule has 3 aliphatic rings. The number of hydrogen-bond acceptors (Lipinski definition) is 3. The molecule has 1 aliphatic carbocycles. The van der Waals surface area contributed by atoms with Gasteiger partial charge in [-0.1, -0.05) is 43.3 Å². The van der Waals surface area contributed by atoms with Crippen molar-refractivity contribution in [1.29, 1.82) is 0 Å². The van der Waals surface area contributed by atoms with E-state index in [1.165, 1.54) is 43.5 Å². The number of nitrogens with zero attached hydrogens (tertiary/aromatic N) is 1. The number of carbonyl (C=O) groups excluding carboxylic acids is 1. The van der Waals surface area contributed by atoms with Gasteiger partial charge in [-0.15, -0.1) is 0 Å². The molecule has 1 saturated heterocycles. The molecule has 1 amide bonds. The van der Waals surface area contributed by atoms with Gasteiger partial charge in [0.2, 0.25) is 6.41 Å². The summed E-state index contributed by atoms with van der Waals surface area (Å²) in [5, 5.41) is 6.43. The Morgan fingerprint density at radius 3 is 2.69 bits per heavy atom. The molecule has 29 heavy (non-hydrogen) atoms. The highest BCUT2D eigenvalue weighted by Crippen LogP contribution is 2.38. The van der Waals surface area contributed by atoms with Crippen molar-refractivity contribution < 1.29 is 4.79 Å². The summed E-state index contributed by atoms with van der Waals surface area (Å²) in [5.74, 6) is 1.31. The molecule has 160 valence electrons. The largest absolute Gasteiger partial charge is 0.356 e. The first-order chi connectivity index (χ1) is 13.9. The van der Waals surface area contributed by atoms with Crippen molar-refractivity contribution in [2.24, 2.45) is 11.8 Å². The monoisotopic (exact) mass is 397 g/mol. The lowest BCUT2D eigenvalue weighted by atomic mass is 9.69. The molecule has 0 aromatic heterocycles. The van der Waals surface area contributed by atoms with E-state index in [4.69, 9.17) is 0 Å². The smallest absolute Gasteiger partial charge is 0.207 e. The van der Waals surface area contributed by atoms with Crippen LogP contribution in [0, 0.1) is 11.8 Å². The normalized spacial score (nSPS) is 27.3. The molecule has 4 rings (SSSR count). The number of amides is 1. The second kappa shape index (κ2) is 9.90. The number of piperidine rings is 1. The minimum absolute atomic E-state index is 0.289. The van der Waals surface area contributed by atoms with Gasteiger partial charge in [-0.05, 0) is 82.1 Å². The van der Waals surface area contributed by atoms with Gasteiger partial charge in [0.15, 0.2) is 0 Å². The molecule has 2 aliphatic heterocycles. The van der Waals surface area contributed by atoms with Crippen LogP contribution in [0.1, 0.15) is 57.1 Å². The summed E-state index contributed by atoms with van der Waals surface area (Å²) in [7, 11) is 2.23. The first-order valence-corrected chi connectivity index (χ1v) is 11.3. The second-order valence-electron chi connectivity index (χ2n) is 9.68. The standard InChI is InChI=1S/C14H20N2.C11H19NO/c1-16-8-6-14(7-9-16)11-15-10-12-4-2-3-5-13(12)14;1-8-4-9(2)6-11(5-8)10(3)12-7-13/h2-5,15H,6-11H2,1H3;7,9-11H,1,4-6H2,2-3H3,(H,12,13). The van der Waals surface area contributed by atoms with Crippen LogP contribution in [-0.2, 0) is 16.8 Å². The van der Waals surface area contributed by atoms with E-state index in [9.17, 15) is 4.79 Å². The van der Waals surface area contributed by atoms with Gasteiger partial charge in [0.05, 0.1) is 0 Å². The number of allylic oxidation sites excluding steroid dienone is 1. The lowest BCUT2D eigenvalue weighted by molar-refractivity contribution is -0.110. The first-order valence-electron chi connectivity index (χ1n) is 11.3.